The quantitative estimate of drug-likeness (QED) is 0.500. The van der Waals surface area contributed by atoms with Crippen LogP contribution in [0.3, 0.4) is 0 Å². The van der Waals surface area contributed by atoms with Gasteiger partial charge in [-0.1, -0.05) is 11.6 Å². The monoisotopic (exact) mass is 245 g/mol. The van der Waals surface area contributed by atoms with Crippen molar-refractivity contribution in [3.8, 4) is 5.75 Å². The number of nitro benzene ring substituents is 1. The van der Waals surface area contributed by atoms with E-state index < -0.39 is 22.3 Å². The first kappa shape index (κ1) is 12.3. The summed E-state index contributed by atoms with van der Waals surface area (Å²) in [6, 6.07) is 2.07. The molecule has 0 atom stereocenters. The fourth-order valence-electron chi connectivity index (χ4n) is 1.09. The van der Waals surface area contributed by atoms with Gasteiger partial charge in [-0.15, -0.1) is 0 Å². The van der Waals surface area contributed by atoms with E-state index in [1.165, 1.54) is 0 Å². The molecule has 1 aromatic carbocycles. The number of aromatic hydroxyl groups is 1. The number of nitrogens with zero attached hydrogens (tertiary/aromatic N) is 1. The van der Waals surface area contributed by atoms with Crippen LogP contribution in [0.15, 0.2) is 12.1 Å². The summed E-state index contributed by atoms with van der Waals surface area (Å²) in [5.74, 6) is -1.60. The average Bonchev–Trinajstić information content (AvgIpc) is 2.20. The zero-order valence-electron chi connectivity index (χ0n) is 8.27. The van der Waals surface area contributed by atoms with Gasteiger partial charge in [0.1, 0.15) is 5.56 Å². The van der Waals surface area contributed by atoms with Crippen LogP contribution in [-0.4, -0.2) is 22.6 Å². The summed E-state index contributed by atoms with van der Waals surface area (Å²) < 4.78 is 4.62. The molecule has 0 amide bonds. The van der Waals surface area contributed by atoms with Crippen LogP contribution < -0.4 is 0 Å². The minimum atomic E-state index is -0.856. The largest absolute Gasteiger partial charge is 0.501 e. The maximum atomic E-state index is 11.3. The number of nitro groups is 1. The van der Waals surface area contributed by atoms with Crippen LogP contribution in [0.25, 0.3) is 0 Å². The fourth-order valence-corrected chi connectivity index (χ4v) is 1.30. The number of esters is 1. The van der Waals surface area contributed by atoms with Crippen LogP contribution in [0.4, 0.5) is 5.69 Å². The van der Waals surface area contributed by atoms with E-state index in [-0.39, 0.29) is 17.2 Å². The number of phenols is 1. The third-order valence-corrected chi connectivity index (χ3v) is 1.96. The Balaban J connectivity index is 3.29. The van der Waals surface area contributed by atoms with Gasteiger partial charge in [-0.25, -0.2) is 4.79 Å². The molecule has 6 nitrogen and oxygen atoms in total. The van der Waals surface area contributed by atoms with Crippen LogP contribution in [0.5, 0.6) is 5.75 Å². The lowest BCUT2D eigenvalue weighted by Crippen LogP contribution is -2.06. The van der Waals surface area contributed by atoms with E-state index >= 15 is 0 Å². The van der Waals surface area contributed by atoms with Gasteiger partial charge < -0.3 is 9.84 Å². The molecule has 0 spiro atoms. The smallest absolute Gasteiger partial charge is 0.342 e. The molecule has 0 saturated carbocycles. The van der Waals surface area contributed by atoms with E-state index in [2.05, 4.69) is 4.74 Å². The topological polar surface area (TPSA) is 89.7 Å². The molecule has 0 heterocycles. The predicted molar refractivity (Wildman–Crippen MR) is 55.7 cm³/mol. The van der Waals surface area contributed by atoms with Crippen LogP contribution in [0.2, 0.25) is 5.02 Å². The number of carbonyl (C=O) groups is 1. The number of ether oxygens (including phenoxy) is 1. The molecule has 0 aliphatic heterocycles. The van der Waals surface area contributed by atoms with Crippen molar-refractivity contribution in [1.29, 1.82) is 0 Å². The first-order valence-electron chi connectivity index (χ1n) is 4.31. The summed E-state index contributed by atoms with van der Waals surface area (Å²) in [6.07, 6.45) is 0. The van der Waals surface area contributed by atoms with E-state index in [0.717, 1.165) is 12.1 Å². The second-order valence-electron chi connectivity index (χ2n) is 2.80. The van der Waals surface area contributed by atoms with Crippen molar-refractivity contribution in [1.82, 2.24) is 0 Å². The first-order valence-corrected chi connectivity index (χ1v) is 4.69. The highest BCUT2D eigenvalue weighted by Gasteiger charge is 2.23. The van der Waals surface area contributed by atoms with Crippen molar-refractivity contribution >= 4 is 23.3 Å². The number of halogens is 1. The molecule has 1 aromatic rings. The molecule has 1 N–H and O–H groups in total. The Bertz CT molecular complexity index is 446. The molecule has 0 aliphatic rings. The maximum Gasteiger partial charge on any atom is 0.342 e. The van der Waals surface area contributed by atoms with Gasteiger partial charge in [0, 0.05) is 11.1 Å². The van der Waals surface area contributed by atoms with Crippen molar-refractivity contribution in [2.45, 2.75) is 6.92 Å². The molecular formula is C9H8ClNO5. The zero-order valence-corrected chi connectivity index (χ0v) is 9.02. The van der Waals surface area contributed by atoms with Gasteiger partial charge in [0.15, 0.2) is 0 Å². The van der Waals surface area contributed by atoms with Crippen molar-refractivity contribution in [3.63, 3.8) is 0 Å². The molecule has 0 unspecified atom stereocenters. The van der Waals surface area contributed by atoms with E-state index in [1.54, 1.807) is 6.92 Å². The van der Waals surface area contributed by atoms with Gasteiger partial charge in [-0.3, -0.25) is 10.1 Å². The van der Waals surface area contributed by atoms with Gasteiger partial charge in [-0.2, -0.15) is 0 Å². The highest BCUT2D eigenvalue weighted by molar-refractivity contribution is 6.31. The number of rotatable bonds is 3. The van der Waals surface area contributed by atoms with Crippen molar-refractivity contribution in [2.75, 3.05) is 6.61 Å². The second-order valence-corrected chi connectivity index (χ2v) is 3.24. The van der Waals surface area contributed by atoms with Gasteiger partial charge in [-0.05, 0) is 13.0 Å². The Morgan fingerprint density at radius 1 is 1.62 bits per heavy atom. The van der Waals surface area contributed by atoms with Gasteiger partial charge in [0.05, 0.1) is 11.5 Å². The molecular weight excluding hydrogens is 238 g/mol. The SMILES string of the molecule is CCOC(=O)c1cc(Cl)cc([N+](=O)[O-])c1O. The number of carbonyl (C=O) groups excluding carboxylic acids is 1. The lowest BCUT2D eigenvalue weighted by atomic mass is 10.1. The summed E-state index contributed by atoms with van der Waals surface area (Å²) in [5.41, 5.74) is -0.948. The summed E-state index contributed by atoms with van der Waals surface area (Å²) in [5, 5.41) is 20.0. The molecule has 16 heavy (non-hydrogen) atoms. The summed E-state index contributed by atoms with van der Waals surface area (Å²) >= 11 is 5.59. The molecule has 0 fully saturated rings. The summed E-state index contributed by atoms with van der Waals surface area (Å²) in [4.78, 5) is 21.0. The Labute approximate surface area is 95.6 Å². The Kier molecular flexibility index (Phi) is 3.68. The molecule has 0 bridgehead atoms. The van der Waals surface area contributed by atoms with Crippen LogP contribution >= 0.6 is 11.6 Å². The third kappa shape index (κ3) is 2.40. The molecule has 0 aliphatic carbocycles. The normalized spacial score (nSPS) is 9.88. The van der Waals surface area contributed by atoms with Gasteiger partial charge in [0.2, 0.25) is 5.75 Å². The minimum Gasteiger partial charge on any atom is -0.501 e. The Morgan fingerprint density at radius 2 is 2.25 bits per heavy atom. The molecule has 0 saturated heterocycles. The minimum absolute atomic E-state index is 0.0208. The van der Waals surface area contributed by atoms with Gasteiger partial charge in [0.25, 0.3) is 0 Å². The van der Waals surface area contributed by atoms with Crippen molar-refractivity contribution in [2.24, 2.45) is 0 Å². The first-order chi connectivity index (χ1) is 7.47. The molecule has 7 heteroatoms. The van der Waals surface area contributed by atoms with E-state index in [9.17, 15) is 20.0 Å². The van der Waals surface area contributed by atoms with E-state index in [0.29, 0.717) is 0 Å². The van der Waals surface area contributed by atoms with Gasteiger partial charge >= 0.3 is 11.7 Å². The Morgan fingerprint density at radius 3 is 2.75 bits per heavy atom. The molecule has 1 rings (SSSR count). The maximum absolute atomic E-state index is 11.3. The van der Waals surface area contributed by atoms with E-state index in [4.69, 9.17) is 11.6 Å². The number of hydrogen-bond donors (Lipinski definition) is 1. The zero-order chi connectivity index (χ0) is 12.3. The molecule has 0 aromatic heterocycles. The lowest BCUT2D eigenvalue weighted by molar-refractivity contribution is -0.385. The standard InChI is InChI=1S/C9H8ClNO5/c1-2-16-9(13)6-3-5(10)4-7(8(6)12)11(14)15/h3-4,12H,2H2,1H3. The van der Waals surface area contributed by atoms with E-state index in [1.807, 2.05) is 0 Å². The average molecular weight is 246 g/mol. The molecule has 86 valence electrons. The predicted octanol–water partition coefficient (Wildman–Crippen LogP) is 2.13. The highest BCUT2D eigenvalue weighted by atomic mass is 35.5. The second kappa shape index (κ2) is 4.80. The number of phenolic OH excluding ortho intramolecular Hbond substituents is 1. The Hall–Kier alpha value is -1.82. The third-order valence-electron chi connectivity index (χ3n) is 1.75. The fraction of sp³-hybridized carbons (Fsp3) is 0.222. The van der Waals surface area contributed by atoms with Crippen LogP contribution in [0, 0.1) is 10.1 Å². The molecule has 0 radical (unpaired) electrons. The van der Waals surface area contributed by atoms with Crippen molar-refractivity contribution in [3.05, 3.63) is 32.8 Å². The summed E-state index contributed by atoms with van der Waals surface area (Å²) in [7, 11) is 0. The van der Waals surface area contributed by atoms with Crippen molar-refractivity contribution < 1.29 is 19.6 Å². The number of hydrogen-bond acceptors (Lipinski definition) is 5. The van der Waals surface area contributed by atoms with Crippen LogP contribution in [-0.2, 0) is 4.74 Å². The number of benzene rings is 1. The van der Waals surface area contributed by atoms with Crippen LogP contribution in [0.1, 0.15) is 17.3 Å². The summed E-state index contributed by atoms with van der Waals surface area (Å²) in [6.45, 7) is 1.67. The highest BCUT2D eigenvalue weighted by Crippen LogP contribution is 2.33. The lowest BCUT2D eigenvalue weighted by Gasteiger charge is -2.05.